The fraction of sp³-hybridized carbons (Fsp3) is 0.250. The summed E-state index contributed by atoms with van der Waals surface area (Å²) in [5.41, 5.74) is 5.75. The molecule has 9 heteroatoms. The summed E-state index contributed by atoms with van der Waals surface area (Å²) < 4.78 is 0. The van der Waals surface area contributed by atoms with Gasteiger partial charge in [-0.3, -0.25) is 4.79 Å². The van der Waals surface area contributed by atoms with E-state index in [0.717, 1.165) is 11.8 Å². The normalized spacial score (nSPS) is 20.2. The van der Waals surface area contributed by atoms with E-state index < -0.39 is 29.6 Å². The maximum Gasteiger partial charge on any atom is 0.355 e. The third kappa shape index (κ3) is 4.46. The summed E-state index contributed by atoms with van der Waals surface area (Å²) in [5, 5.41) is 20.7. The molecule has 1 amide bonds. The van der Waals surface area contributed by atoms with Crippen LogP contribution < -0.4 is 11.1 Å². The molecule has 2 atom stereocenters. The molecule has 0 aromatic heterocycles. The standard InChI is InChI=1S/C16H17N3O5S/c1-8-7-25-14(19-11(8)15(21)22)12(16(23)24)18-13(20)10(17)9-5-3-2-4-6-9/h2-6,8,10H,7,17H2,1H3,(H,18,20)(H,21,22)(H,23,24)/b14-12-/t8-,10+/m0/s1. The van der Waals surface area contributed by atoms with E-state index in [-0.39, 0.29) is 16.7 Å². The van der Waals surface area contributed by atoms with Crippen molar-refractivity contribution in [2.45, 2.75) is 13.0 Å². The van der Waals surface area contributed by atoms with E-state index in [1.165, 1.54) is 0 Å². The Kier molecular flexibility index (Phi) is 5.94. The first kappa shape index (κ1) is 18.7. The summed E-state index contributed by atoms with van der Waals surface area (Å²) in [4.78, 5) is 38.9. The largest absolute Gasteiger partial charge is 0.477 e. The molecule has 0 spiro atoms. The van der Waals surface area contributed by atoms with Crippen molar-refractivity contribution in [1.29, 1.82) is 0 Å². The van der Waals surface area contributed by atoms with Gasteiger partial charge in [0.15, 0.2) is 5.70 Å². The molecular weight excluding hydrogens is 346 g/mol. The lowest BCUT2D eigenvalue weighted by Crippen LogP contribution is -2.37. The summed E-state index contributed by atoms with van der Waals surface area (Å²) in [5.74, 6) is -3.34. The maximum absolute atomic E-state index is 12.3. The smallest absolute Gasteiger partial charge is 0.355 e. The molecular formula is C16H17N3O5S. The van der Waals surface area contributed by atoms with Gasteiger partial charge in [0.05, 0.1) is 0 Å². The van der Waals surface area contributed by atoms with Crippen LogP contribution in [0, 0.1) is 5.92 Å². The van der Waals surface area contributed by atoms with Crippen LogP contribution in [-0.2, 0) is 14.4 Å². The van der Waals surface area contributed by atoms with Crippen LogP contribution in [0.25, 0.3) is 0 Å². The monoisotopic (exact) mass is 363 g/mol. The van der Waals surface area contributed by atoms with Crippen molar-refractivity contribution in [2.24, 2.45) is 16.6 Å². The third-order valence-electron chi connectivity index (χ3n) is 3.50. The highest BCUT2D eigenvalue weighted by molar-refractivity contribution is 8.03. The van der Waals surface area contributed by atoms with E-state index in [2.05, 4.69) is 10.3 Å². The van der Waals surface area contributed by atoms with Gasteiger partial charge in [0.25, 0.3) is 0 Å². The summed E-state index contributed by atoms with van der Waals surface area (Å²) in [6.45, 7) is 1.68. The fourth-order valence-electron chi connectivity index (χ4n) is 2.13. The molecule has 1 aliphatic heterocycles. The van der Waals surface area contributed by atoms with Crippen LogP contribution in [0.5, 0.6) is 0 Å². The molecule has 5 N–H and O–H groups in total. The minimum Gasteiger partial charge on any atom is -0.477 e. The number of thioether (sulfide) groups is 1. The van der Waals surface area contributed by atoms with E-state index in [4.69, 9.17) is 10.8 Å². The van der Waals surface area contributed by atoms with Crippen LogP contribution in [0.15, 0.2) is 46.1 Å². The topological polar surface area (TPSA) is 142 Å². The Morgan fingerprint density at radius 3 is 2.48 bits per heavy atom. The number of carboxylic acids is 2. The SMILES string of the molecule is C[C@H]1CS/C(=C(\NC(=O)[C@H](N)c2ccccc2)C(=O)O)N=C1C(=O)O. The summed E-state index contributed by atoms with van der Waals surface area (Å²) in [6, 6.07) is 7.42. The lowest BCUT2D eigenvalue weighted by molar-refractivity contribution is -0.135. The van der Waals surface area contributed by atoms with Crippen LogP contribution in [0.4, 0.5) is 0 Å². The molecule has 1 aromatic rings. The minimum absolute atomic E-state index is 0.0587. The average Bonchev–Trinajstić information content (AvgIpc) is 2.59. The van der Waals surface area contributed by atoms with Crippen LogP contribution in [0.3, 0.4) is 0 Å². The number of nitrogens with zero attached hydrogens (tertiary/aromatic N) is 1. The first-order valence-electron chi connectivity index (χ1n) is 7.35. The van der Waals surface area contributed by atoms with Crippen molar-refractivity contribution >= 4 is 35.3 Å². The molecule has 0 saturated heterocycles. The van der Waals surface area contributed by atoms with Crippen LogP contribution in [0.2, 0.25) is 0 Å². The number of nitrogens with one attached hydrogen (secondary N) is 1. The van der Waals surface area contributed by atoms with Gasteiger partial charge >= 0.3 is 11.9 Å². The number of aliphatic carboxylic acids is 2. The van der Waals surface area contributed by atoms with Gasteiger partial charge in [0, 0.05) is 11.7 Å². The molecule has 0 bridgehead atoms. The number of hydrogen-bond acceptors (Lipinski definition) is 6. The Morgan fingerprint density at radius 1 is 1.28 bits per heavy atom. The number of carboxylic acid groups (broad SMARTS) is 2. The zero-order valence-corrected chi connectivity index (χ0v) is 14.1. The van der Waals surface area contributed by atoms with Gasteiger partial charge < -0.3 is 21.3 Å². The summed E-state index contributed by atoms with van der Waals surface area (Å²) >= 11 is 1.07. The van der Waals surface area contributed by atoms with Crippen molar-refractivity contribution in [3.63, 3.8) is 0 Å². The molecule has 25 heavy (non-hydrogen) atoms. The number of nitrogens with two attached hydrogens (primary N) is 1. The molecule has 0 aliphatic carbocycles. The highest BCUT2D eigenvalue weighted by atomic mass is 32.2. The summed E-state index contributed by atoms with van der Waals surface area (Å²) in [6.07, 6.45) is 0. The first-order chi connectivity index (χ1) is 11.8. The Balaban J connectivity index is 2.31. The van der Waals surface area contributed by atoms with Crippen LogP contribution in [0.1, 0.15) is 18.5 Å². The van der Waals surface area contributed by atoms with Crippen LogP contribution in [-0.4, -0.2) is 39.5 Å². The maximum atomic E-state index is 12.3. The van der Waals surface area contributed by atoms with E-state index in [9.17, 15) is 19.5 Å². The second-order valence-electron chi connectivity index (χ2n) is 5.38. The van der Waals surface area contributed by atoms with Crippen molar-refractivity contribution < 1.29 is 24.6 Å². The highest BCUT2D eigenvalue weighted by Gasteiger charge is 2.29. The Labute approximate surface area is 147 Å². The molecule has 2 rings (SSSR count). The van der Waals surface area contributed by atoms with Crippen molar-refractivity contribution in [2.75, 3.05) is 5.75 Å². The van der Waals surface area contributed by atoms with Crippen LogP contribution >= 0.6 is 11.8 Å². The molecule has 1 heterocycles. The van der Waals surface area contributed by atoms with E-state index in [1.54, 1.807) is 37.3 Å². The van der Waals surface area contributed by atoms with Gasteiger partial charge in [-0.05, 0) is 5.56 Å². The lowest BCUT2D eigenvalue weighted by atomic mass is 10.1. The molecule has 1 aliphatic rings. The molecule has 1 aromatic carbocycles. The van der Waals surface area contributed by atoms with E-state index in [1.807, 2.05) is 0 Å². The fourth-order valence-corrected chi connectivity index (χ4v) is 3.14. The molecule has 132 valence electrons. The highest BCUT2D eigenvalue weighted by Crippen LogP contribution is 2.29. The number of aliphatic imine (C=N–C) groups is 1. The Morgan fingerprint density at radius 2 is 1.92 bits per heavy atom. The first-order valence-corrected chi connectivity index (χ1v) is 8.33. The van der Waals surface area contributed by atoms with Gasteiger partial charge in [-0.1, -0.05) is 37.3 Å². The lowest BCUT2D eigenvalue weighted by Gasteiger charge is -2.20. The second-order valence-corrected chi connectivity index (χ2v) is 6.39. The Hall–Kier alpha value is -2.65. The molecule has 0 unspecified atom stereocenters. The van der Waals surface area contributed by atoms with E-state index in [0.29, 0.717) is 11.3 Å². The average molecular weight is 363 g/mol. The quantitative estimate of drug-likeness (QED) is 0.571. The second kappa shape index (κ2) is 7.95. The molecule has 0 fully saturated rings. The zero-order chi connectivity index (χ0) is 18.6. The number of rotatable bonds is 5. The van der Waals surface area contributed by atoms with Gasteiger partial charge in [0.1, 0.15) is 16.8 Å². The van der Waals surface area contributed by atoms with Gasteiger partial charge in [-0.2, -0.15) is 0 Å². The third-order valence-corrected chi connectivity index (χ3v) is 4.73. The van der Waals surface area contributed by atoms with E-state index >= 15 is 0 Å². The number of amides is 1. The predicted octanol–water partition coefficient (Wildman–Crippen LogP) is 0.965. The Bertz CT molecular complexity index is 760. The van der Waals surface area contributed by atoms with Gasteiger partial charge in [-0.25, -0.2) is 14.6 Å². The zero-order valence-electron chi connectivity index (χ0n) is 13.3. The van der Waals surface area contributed by atoms with Crippen molar-refractivity contribution in [1.82, 2.24) is 5.32 Å². The number of carbonyl (C=O) groups excluding carboxylic acids is 1. The predicted molar refractivity (Wildman–Crippen MR) is 92.9 cm³/mol. The molecule has 8 nitrogen and oxygen atoms in total. The molecule has 0 saturated carbocycles. The van der Waals surface area contributed by atoms with Gasteiger partial charge in [-0.15, -0.1) is 11.8 Å². The molecule has 0 radical (unpaired) electrons. The number of carbonyl (C=O) groups is 3. The number of benzene rings is 1. The summed E-state index contributed by atoms with van der Waals surface area (Å²) in [7, 11) is 0. The van der Waals surface area contributed by atoms with Crippen molar-refractivity contribution in [3.05, 3.63) is 46.6 Å². The minimum atomic E-state index is -1.42. The van der Waals surface area contributed by atoms with Crippen molar-refractivity contribution in [3.8, 4) is 0 Å². The number of hydrogen-bond donors (Lipinski definition) is 4. The van der Waals surface area contributed by atoms with Gasteiger partial charge in [0.2, 0.25) is 5.91 Å².